The minimum atomic E-state index is -0.428. The molecule has 0 spiro atoms. The van der Waals surface area contributed by atoms with Crippen LogP contribution in [-0.4, -0.2) is 10.0 Å². The zero-order valence-electron chi connectivity index (χ0n) is 8.10. The third-order valence-corrected chi connectivity index (χ3v) is 2.02. The van der Waals surface area contributed by atoms with Gasteiger partial charge in [-0.2, -0.15) is 0 Å². The summed E-state index contributed by atoms with van der Waals surface area (Å²) >= 11 is 0. The summed E-state index contributed by atoms with van der Waals surface area (Å²) in [6.45, 7) is 4.65. The van der Waals surface area contributed by atoms with E-state index in [1.54, 1.807) is 12.1 Å². The van der Waals surface area contributed by atoms with Crippen LogP contribution in [0.4, 0.5) is 5.69 Å². The highest BCUT2D eigenvalue weighted by Crippen LogP contribution is 2.27. The van der Waals surface area contributed by atoms with Crippen molar-refractivity contribution in [2.75, 3.05) is 0 Å². The molecule has 4 heteroatoms. The lowest BCUT2D eigenvalue weighted by molar-refractivity contribution is -0.385. The Kier molecular flexibility index (Phi) is 3.19. The Labute approximate surface area is 82.3 Å². The first-order valence-electron chi connectivity index (χ1n) is 4.32. The molecule has 0 aliphatic rings. The van der Waals surface area contributed by atoms with Crippen LogP contribution in [0.25, 0.3) is 0 Å². The number of rotatable bonds is 3. The van der Waals surface area contributed by atoms with Crippen LogP contribution >= 0.6 is 0 Å². The van der Waals surface area contributed by atoms with Gasteiger partial charge in [-0.1, -0.05) is 26.0 Å². The number of nitrogens with zero attached hydrogens (tertiary/aromatic N) is 1. The summed E-state index contributed by atoms with van der Waals surface area (Å²) in [6, 6.07) is 4.70. The van der Waals surface area contributed by atoms with Crippen LogP contribution in [0.5, 0.6) is 0 Å². The molecule has 14 heavy (non-hydrogen) atoms. The van der Waals surface area contributed by atoms with Crippen molar-refractivity contribution < 1.29 is 10.0 Å². The smallest absolute Gasteiger partial charge is 0.273 e. The normalized spacial score (nSPS) is 10.6. The van der Waals surface area contributed by atoms with Gasteiger partial charge in [0.25, 0.3) is 5.69 Å². The fourth-order valence-corrected chi connectivity index (χ4v) is 1.29. The van der Waals surface area contributed by atoms with Gasteiger partial charge in [-0.05, 0) is 11.5 Å². The molecule has 0 aliphatic heterocycles. The molecule has 0 heterocycles. The van der Waals surface area contributed by atoms with Gasteiger partial charge in [-0.15, -0.1) is 0 Å². The summed E-state index contributed by atoms with van der Waals surface area (Å²) < 4.78 is 0. The summed E-state index contributed by atoms with van der Waals surface area (Å²) in [5, 5.41) is 19.4. The monoisotopic (exact) mass is 194 g/mol. The maximum atomic E-state index is 10.7. The Hall–Kier alpha value is -1.42. The van der Waals surface area contributed by atoms with Crippen LogP contribution in [0.1, 0.15) is 30.9 Å². The number of nitro benzene ring substituents is 1. The first kappa shape index (κ1) is 10.7. The van der Waals surface area contributed by atoms with E-state index >= 15 is 0 Å². The quantitative estimate of drug-likeness (QED) is 0.594. The number of hydrogen-bond donors (Lipinski definition) is 1. The van der Waals surface area contributed by atoms with Gasteiger partial charge in [-0.3, -0.25) is 10.1 Å². The Bertz CT molecular complexity index is 347. The third-order valence-electron chi connectivity index (χ3n) is 2.02. The zero-order valence-corrected chi connectivity index (χ0v) is 8.10. The second-order valence-electron chi connectivity index (χ2n) is 3.36. The maximum Gasteiger partial charge on any atom is 0.273 e. The van der Waals surface area contributed by atoms with Crippen molar-refractivity contribution in [3.63, 3.8) is 0 Å². The standard InChI is InChI=1S/C10H12NO3/c1-7(2)9-4-3-8(6-12)5-10(9)11(13)14/h3-7,12H,1-2H3. The second kappa shape index (κ2) is 4.19. The van der Waals surface area contributed by atoms with Gasteiger partial charge in [0.15, 0.2) is 0 Å². The summed E-state index contributed by atoms with van der Waals surface area (Å²) in [4.78, 5) is 10.3. The minimum absolute atomic E-state index is 0.0581. The highest BCUT2D eigenvalue weighted by molar-refractivity contribution is 5.46. The van der Waals surface area contributed by atoms with E-state index in [1.165, 1.54) is 6.07 Å². The van der Waals surface area contributed by atoms with E-state index in [9.17, 15) is 10.1 Å². The summed E-state index contributed by atoms with van der Waals surface area (Å²) in [7, 11) is 0. The number of nitro groups is 1. The van der Waals surface area contributed by atoms with Crippen molar-refractivity contribution in [3.8, 4) is 0 Å². The Morgan fingerprint density at radius 3 is 2.57 bits per heavy atom. The molecular weight excluding hydrogens is 182 g/mol. The maximum absolute atomic E-state index is 10.7. The molecule has 0 atom stereocenters. The lowest BCUT2D eigenvalue weighted by atomic mass is 9.99. The van der Waals surface area contributed by atoms with Gasteiger partial charge in [0.1, 0.15) is 6.61 Å². The fraction of sp³-hybridized carbons (Fsp3) is 0.300. The Morgan fingerprint density at radius 1 is 1.50 bits per heavy atom. The molecule has 0 fully saturated rings. The molecular formula is C10H12NO3. The Balaban J connectivity index is 3.24. The van der Waals surface area contributed by atoms with Crippen LogP contribution in [0.2, 0.25) is 0 Å². The van der Waals surface area contributed by atoms with Crippen LogP contribution in [0, 0.1) is 16.7 Å². The van der Waals surface area contributed by atoms with E-state index in [0.717, 1.165) is 6.61 Å². The minimum Gasteiger partial charge on any atom is -0.385 e. The topological polar surface area (TPSA) is 63.4 Å². The molecule has 1 aromatic rings. The Morgan fingerprint density at radius 2 is 2.14 bits per heavy atom. The highest BCUT2D eigenvalue weighted by Gasteiger charge is 2.16. The molecule has 1 rings (SSSR count). The van der Waals surface area contributed by atoms with E-state index in [2.05, 4.69) is 0 Å². The van der Waals surface area contributed by atoms with Gasteiger partial charge >= 0.3 is 0 Å². The predicted molar refractivity (Wildman–Crippen MR) is 52.5 cm³/mol. The molecule has 0 aliphatic carbocycles. The van der Waals surface area contributed by atoms with E-state index in [4.69, 9.17) is 5.11 Å². The molecule has 1 radical (unpaired) electrons. The van der Waals surface area contributed by atoms with Crippen LogP contribution in [0.3, 0.4) is 0 Å². The lowest BCUT2D eigenvalue weighted by Crippen LogP contribution is -1.98. The van der Waals surface area contributed by atoms with E-state index in [1.807, 2.05) is 13.8 Å². The predicted octanol–water partition coefficient (Wildman–Crippen LogP) is 2.60. The summed E-state index contributed by atoms with van der Waals surface area (Å²) in [5.41, 5.74) is 1.18. The summed E-state index contributed by atoms with van der Waals surface area (Å²) in [6.07, 6.45) is 0. The molecule has 4 nitrogen and oxygen atoms in total. The SMILES string of the molecule is CC(C)c1ccc([CH]O)cc1[N+](=O)[O-]. The van der Waals surface area contributed by atoms with Crippen molar-refractivity contribution in [1.29, 1.82) is 0 Å². The van der Waals surface area contributed by atoms with Gasteiger partial charge in [-0.25, -0.2) is 0 Å². The fourth-order valence-electron chi connectivity index (χ4n) is 1.29. The third kappa shape index (κ3) is 2.09. The van der Waals surface area contributed by atoms with Gasteiger partial charge < -0.3 is 5.11 Å². The average molecular weight is 194 g/mol. The van der Waals surface area contributed by atoms with Gasteiger partial charge in [0, 0.05) is 11.6 Å². The molecule has 0 aromatic heterocycles. The van der Waals surface area contributed by atoms with Gasteiger partial charge in [0.2, 0.25) is 0 Å². The van der Waals surface area contributed by atoms with Crippen LogP contribution in [-0.2, 0) is 0 Å². The van der Waals surface area contributed by atoms with E-state index < -0.39 is 4.92 Å². The van der Waals surface area contributed by atoms with Crippen LogP contribution in [0.15, 0.2) is 18.2 Å². The summed E-state index contributed by atoms with van der Waals surface area (Å²) in [5.74, 6) is 0.100. The van der Waals surface area contributed by atoms with Crippen molar-refractivity contribution >= 4 is 5.69 Å². The second-order valence-corrected chi connectivity index (χ2v) is 3.36. The first-order valence-corrected chi connectivity index (χ1v) is 4.32. The number of benzene rings is 1. The van der Waals surface area contributed by atoms with Crippen molar-refractivity contribution in [2.45, 2.75) is 19.8 Å². The molecule has 75 valence electrons. The first-order chi connectivity index (χ1) is 6.56. The largest absolute Gasteiger partial charge is 0.385 e. The number of aliphatic hydroxyl groups is 1. The van der Waals surface area contributed by atoms with Crippen molar-refractivity contribution in [3.05, 3.63) is 46.0 Å². The van der Waals surface area contributed by atoms with Crippen LogP contribution < -0.4 is 0 Å². The molecule has 0 unspecified atom stereocenters. The molecule has 1 N–H and O–H groups in total. The van der Waals surface area contributed by atoms with Crippen molar-refractivity contribution in [2.24, 2.45) is 0 Å². The zero-order chi connectivity index (χ0) is 10.7. The lowest BCUT2D eigenvalue weighted by Gasteiger charge is -2.06. The van der Waals surface area contributed by atoms with E-state index in [0.29, 0.717) is 11.1 Å². The highest BCUT2D eigenvalue weighted by atomic mass is 16.6. The molecule has 0 saturated heterocycles. The molecule has 0 bridgehead atoms. The number of aliphatic hydroxyl groups excluding tert-OH is 1. The molecule has 1 aromatic carbocycles. The average Bonchev–Trinajstić information content (AvgIpc) is 2.16. The number of hydrogen-bond acceptors (Lipinski definition) is 3. The molecule has 0 saturated carbocycles. The van der Waals surface area contributed by atoms with Crippen molar-refractivity contribution in [1.82, 2.24) is 0 Å². The van der Waals surface area contributed by atoms with E-state index in [-0.39, 0.29) is 11.6 Å². The molecule has 0 amide bonds. The van der Waals surface area contributed by atoms with Gasteiger partial charge in [0.05, 0.1) is 4.92 Å².